The summed E-state index contributed by atoms with van der Waals surface area (Å²) in [5.74, 6) is -1.37. The number of ether oxygens (including phenoxy) is 1. The summed E-state index contributed by atoms with van der Waals surface area (Å²) in [5.41, 5.74) is 3.16. The van der Waals surface area contributed by atoms with E-state index in [1.54, 1.807) is 30.3 Å². The molecule has 4 rings (SSSR count). The maximum Gasteiger partial charge on any atom is 0.339 e. The van der Waals surface area contributed by atoms with Gasteiger partial charge in [0.05, 0.1) is 10.5 Å². The van der Waals surface area contributed by atoms with E-state index in [0.29, 0.717) is 10.5 Å². The lowest BCUT2D eigenvalue weighted by Gasteiger charge is -2.24. The van der Waals surface area contributed by atoms with Crippen molar-refractivity contribution in [2.75, 3.05) is 13.1 Å². The van der Waals surface area contributed by atoms with Gasteiger partial charge in [0.25, 0.3) is 17.1 Å². The zero-order valence-electron chi connectivity index (χ0n) is 16.8. The monoisotopic (exact) mass is 436 g/mol. The molecule has 8 heteroatoms. The van der Waals surface area contributed by atoms with Gasteiger partial charge in [-0.15, -0.1) is 0 Å². The fourth-order valence-electron chi connectivity index (χ4n) is 3.39. The van der Waals surface area contributed by atoms with Crippen LogP contribution in [-0.2, 0) is 20.7 Å². The van der Waals surface area contributed by atoms with Gasteiger partial charge in [0.15, 0.2) is 6.10 Å². The number of amides is 3. The van der Waals surface area contributed by atoms with Crippen LogP contribution in [0.1, 0.15) is 27.0 Å². The van der Waals surface area contributed by atoms with Crippen molar-refractivity contribution in [2.45, 2.75) is 19.4 Å². The lowest BCUT2D eigenvalue weighted by Crippen LogP contribution is -2.44. The van der Waals surface area contributed by atoms with Gasteiger partial charge >= 0.3 is 5.97 Å². The molecule has 2 heterocycles. The first-order valence-corrected chi connectivity index (χ1v) is 10.6. The second-order valence-electron chi connectivity index (χ2n) is 7.29. The van der Waals surface area contributed by atoms with E-state index in [2.05, 4.69) is 5.32 Å². The predicted molar refractivity (Wildman–Crippen MR) is 116 cm³/mol. The molecule has 0 aliphatic carbocycles. The Morgan fingerprint density at radius 2 is 1.90 bits per heavy atom. The number of cyclic esters (lactones) is 1. The van der Waals surface area contributed by atoms with E-state index in [1.807, 2.05) is 31.2 Å². The third-order valence-electron chi connectivity index (χ3n) is 5.07. The molecular weight excluding hydrogens is 416 g/mol. The number of nitrogens with one attached hydrogen (secondary N) is 1. The standard InChI is InChI=1S/C23H20N2O5S/c1-14-6-8-15(9-7-14)12-19-21(27)25(23(29)31-19)11-10-24-20(26)18-13-16-4-2-3-5-17(16)22(28)30-18/h2-9,12,18H,10-11,13H2,1H3,(H,24,26)/b19-12+. The molecule has 0 bridgehead atoms. The Bertz CT molecular complexity index is 1090. The van der Waals surface area contributed by atoms with E-state index in [1.165, 1.54) is 0 Å². The number of benzene rings is 2. The average molecular weight is 436 g/mol. The molecule has 0 radical (unpaired) electrons. The summed E-state index contributed by atoms with van der Waals surface area (Å²) in [5, 5.41) is 2.27. The summed E-state index contributed by atoms with van der Waals surface area (Å²) >= 11 is 0.877. The van der Waals surface area contributed by atoms with Crippen molar-refractivity contribution in [1.82, 2.24) is 10.2 Å². The lowest BCUT2D eigenvalue weighted by molar-refractivity contribution is -0.130. The van der Waals surface area contributed by atoms with Crippen LogP contribution in [0.4, 0.5) is 4.79 Å². The summed E-state index contributed by atoms with van der Waals surface area (Å²) in [6.07, 6.45) is 1.04. The molecule has 7 nitrogen and oxygen atoms in total. The van der Waals surface area contributed by atoms with Crippen molar-refractivity contribution in [3.63, 3.8) is 0 Å². The molecule has 1 saturated heterocycles. The SMILES string of the molecule is Cc1ccc(/C=C2/SC(=O)N(CCNC(=O)C3Cc4ccccc4C(=O)O3)C2=O)cc1. The molecular formula is C23H20N2O5S. The summed E-state index contributed by atoms with van der Waals surface area (Å²) in [7, 11) is 0. The highest BCUT2D eigenvalue weighted by molar-refractivity contribution is 8.18. The van der Waals surface area contributed by atoms with Crippen LogP contribution in [-0.4, -0.2) is 47.1 Å². The van der Waals surface area contributed by atoms with Gasteiger partial charge in [-0.05, 0) is 42.0 Å². The van der Waals surface area contributed by atoms with Crippen molar-refractivity contribution in [3.8, 4) is 0 Å². The van der Waals surface area contributed by atoms with Crippen LogP contribution in [0.2, 0.25) is 0 Å². The van der Waals surface area contributed by atoms with Crippen LogP contribution in [0.3, 0.4) is 0 Å². The maximum absolute atomic E-state index is 12.6. The largest absolute Gasteiger partial charge is 0.448 e. The lowest BCUT2D eigenvalue weighted by atomic mass is 9.98. The van der Waals surface area contributed by atoms with Crippen LogP contribution >= 0.6 is 11.8 Å². The Hall–Kier alpha value is -3.39. The quantitative estimate of drug-likeness (QED) is 0.572. The Balaban J connectivity index is 1.33. The van der Waals surface area contributed by atoms with E-state index in [-0.39, 0.29) is 30.7 Å². The van der Waals surface area contributed by atoms with Gasteiger partial charge in [-0.3, -0.25) is 19.3 Å². The maximum atomic E-state index is 12.6. The minimum atomic E-state index is -0.932. The Labute approximate surface area is 183 Å². The van der Waals surface area contributed by atoms with Gasteiger partial charge in [-0.2, -0.15) is 0 Å². The van der Waals surface area contributed by atoms with Crippen LogP contribution in [0.5, 0.6) is 0 Å². The number of fused-ring (bicyclic) bond motifs is 1. The highest BCUT2D eigenvalue weighted by Crippen LogP contribution is 2.32. The third-order valence-corrected chi connectivity index (χ3v) is 5.98. The number of rotatable bonds is 5. The van der Waals surface area contributed by atoms with Crippen molar-refractivity contribution >= 4 is 40.9 Å². The number of esters is 1. The smallest absolute Gasteiger partial charge is 0.339 e. The molecule has 0 aromatic heterocycles. The fraction of sp³-hybridized carbons (Fsp3) is 0.217. The first kappa shape index (κ1) is 20.9. The molecule has 0 saturated carbocycles. The number of hydrogen-bond donors (Lipinski definition) is 1. The molecule has 1 fully saturated rings. The zero-order chi connectivity index (χ0) is 22.0. The predicted octanol–water partition coefficient (Wildman–Crippen LogP) is 2.93. The molecule has 2 aromatic carbocycles. The normalized spacial score (nSPS) is 19.4. The minimum Gasteiger partial charge on any atom is -0.448 e. The fourth-order valence-corrected chi connectivity index (χ4v) is 4.25. The highest BCUT2D eigenvalue weighted by atomic mass is 32.2. The highest BCUT2D eigenvalue weighted by Gasteiger charge is 2.35. The first-order valence-electron chi connectivity index (χ1n) is 9.81. The van der Waals surface area contributed by atoms with E-state index >= 15 is 0 Å². The van der Waals surface area contributed by atoms with E-state index in [0.717, 1.165) is 33.4 Å². The van der Waals surface area contributed by atoms with E-state index < -0.39 is 18.0 Å². The average Bonchev–Trinajstić information content (AvgIpc) is 3.02. The van der Waals surface area contributed by atoms with Crippen LogP contribution < -0.4 is 5.32 Å². The van der Waals surface area contributed by atoms with Crippen LogP contribution in [0.15, 0.2) is 53.4 Å². The van der Waals surface area contributed by atoms with Crippen molar-refractivity contribution in [3.05, 3.63) is 75.7 Å². The molecule has 1 N–H and O–H groups in total. The number of hydrogen-bond acceptors (Lipinski definition) is 6. The minimum absolute atomic E-state index is 0.0406. The Kier molecular flexibility index (Phi) is 5.90. The van der Waals surface area contributed by atoms with Crippen LogP contribution in [0, 0.1) is 6.92 Å². The Morgan fingerprint density at radius 3 is 2.68 bits per heavy atom. The number of thioether (sulfide) groups is 1. The van der Waals surface area contributed by atoms with Crippen LogP contribution in [0.25, 0.3) is 6.08 Å². The van der Waals surface area contributed by atoms with Crippen molar-refractivity contribution in [2.24, 2.45) is 0 Å². The third kappa shape index (κ3) is 4.54. The van der Waals surface area contributed by atoms with Gasteiger partial charge < -0.3 is 10.1 Å². The van der Waals surface area contributed by atoms with E-state index in [9.17, 15) is 19.2 Å². The second-order valence-corrected chi connectivity index (χ2v) is 8.28. The summed E-state index contributed by atoms with van der Waals surface area (Å²) in [6, 6.07) is 14.6. The van der Waals surface area contributed by atoms with Crippen molar-refractivity contribution in [1.29, 1.82) is 0 Å². The molecule has 1 atom stereocenters. The number of aryl methyl sites for hydroxylation is 1. The molecule has 31 heavy (non-hydrogen) atoms. The molecule has 1 unspecified atom stereocenters. The molecule has 3 amide bonds. The summed E-state index contributed by atoms with van der Waals surface area (Å²) in [6.45, 7) is 2.09. The van der Waals surface area contributed by atoms with E-state index in [4.69, 9.17) is 4.74 Å². The van der Waals surface area contributed by atoms with Gasteiger partial charge in [-0.1, -0.05) is 48.0 Å². The molecule has 2 aliphatic rings. The number of nitrogens with zero attached hydrogens (tertiary/aromatic N) is 1. The first-order chi connectivity index (χ1) is 14.9. The van der Waals surface area contributed by atoms with Gasteiger partial charge in [0, 0.05) is 19.5 Å². The van der Waals surface area contributed by atoms with Crippen molar-refractivity contribution < 1.29 is 23.9 Å². The van der Waals surface area contributed by atoms with Gasteiger partial charge in [-0.25, -0.2) is 4.79 Å². The zero-order valence-corrected chi connectivity index (χ0v) is 17.6. The summed E-state index contributed by atoms with van der Waals surface area (Å²) in [4.78, 5) is 50.8. The molecule has 0 spiro atoms. The number of carbonyl (C=O) groups excluding carboxylic acids is 4. The molecule has 2 aliphatic heterocycles. The topological polar surface area (TPSA) is 92.8 Å². The second kappa shape index (κ2) is 8.77. The Morgan fingerprint density at radius 1 is 1.16 bits per heavy atom. The summed E-state index contributed by atoms with van der Waals surface area (Å²) < 4.78 is 5.22. The molecule has 2 aromatic rings. The van der Waals surface area contributed by atoms with Gasteiger partial charge in [0.2, 0.25) is 0 Å². The number of imide groups is 1. The molecule has 158 valence electrons. The van der Waals surface area contributed by atoms with Gasteiger partial charge in [0.1, 0.15) is 0 Å². The number of carbonyl (C=O) groups is 4.